The molecule has 1 nitrogen and oxygen atoms in total. The molecule has 0 rings (SSSR count). The van der Waals surface area contributed by atoms with E-state index in [1.54, 1.807) is 0 Å². The van der Waals surface area contributed by atoms with Gasteiger partial charge in [-0.2, -0.15) is 0 Å². The molecule has 0 bridgehead atoms. The summed E-state index contributed by atoms with van der Waals surface area (Å²) < 4.78 is 0. The van der Waals surface area contributed by atoms with Crippen LogP contribution in [-0.4, -0.2) is 11.2 Å². The van der Waals surface area contributed by atoms with Crippen LogP contribution in [0.5, 0.6) is 0 Å². The highest BCUT2D eigenvalue weighted by Gasteiger charge is 2.20. The summed E-state index contributed by atoms with van der Waals surface area (Å²) in [6.45, 7) is 8.28. The first-order valence-corrected chi connectivity index (χ1v) is 3.66. The Hall–Kier alpha value is -0.0400. The summed E-state index contributed by atoms with van der Waals surface area (Å²) >= 11 is 0. The van der Waals surface area contributed by atoms with Gasteiger partial charge in [-0.1, -0.05) is 34.1 Å². The minimum Gasteiger partial charge on any atom is -0.393 e. The second-order valence-corrected chi connectivity index (χ2v) is 3.67. The highest BCUT2D eigenvalue weighted by molar-refractivity contribution is 4.71. The Balaban J connectivity index is 3.59. The van der Waals surface area contributed by atoms with Gasteiger partial charge in [0, 0.05) is 0 Å². The van der Waals surface area contributed by atoms with E-state index in [1.807, 2.05) is 0 Å². The Morgan fingerprint density at radius 3 is 1.89 bits per heavy atom. The van der Waals surface area contributed by atoms with Gasteiger partial charge >= 0.3 is 0 Å². The van der Waals surface area contributed by atoms with Crippen molar-refractivity contribution in [2.45, 2.75) is 46.6 Å². The molecule has 0 amide bonds. The maximum atomic E-state index is 9.39. The second-order valence-electron chi connectivity index (χ2n) is 3.67. The molecule has 0 aromatic carbocycles. The Morgan fingerprint density at radius 2 is 1.78 bits per heavy atom. The first kappa shape index (κ1) is 8.96. The molecule has 0 saturated heterocycles. The van der Waals surface area contributed by atoms with Crippen LogP contribution in [0.4, 0.5) is 0 Å². The van der Waals surface area contributed by atoms with Crippen LogP contribution < -0.4 is 0 Å². The van der Waals surface area contributed by atoms with E-state index in [9.17, 15) is 5.11 Å². The average Bonchev–Trinajstić information content (AvgIpc) is 1.64. The molecule has 0 aromatic heterocycles. The lowest BCUT2D eigenvalue weighted by Gasteiger charge is -2.25. The van der Waals surface area contributed by atoms with Crippen LogP contribution in [0.2, 0.25) is 0 Å². The molecular weight excluding hydrogens is 112 g/mol. The predicted molar refractivity (Wildman–Crippen MR) is 40.4 cm³/mol. The summed E-state index contributed by atoms with van der Waals surface area (Å²) in [5, 5.41) is 9.39. The Kier molecular flexibility index (Phi) is 3.20. The molecule has 1 heteroatoms. The standard InChI is InChI=1S/C8H18O/c1-5-6-7(9)8(2,3)4/h7,9H,5-6H2,1-4H3/t7-/m1/s1. The van der Waals surface area contributed by atoms with Gasteiger partial charge in [0.1, 0.15) is 0 Å². The molecule has 56 valence electrons. The Morgan fingerprint density at radius 1 is 1.33 bits per heavy atom. The van der Waals surface area contributed by atoms with Gasteiger partial charge in [-0.3, -0.25) is 0 Å². The topological polar surface area (TPSA) is 20.2 Å². The molecule has 0 fully saturated rings. The lowest BCUT2D eigenvalue weighted by atomic mass is 9.87. The van der Waals surface area contributed by atoms with Gasteiger partial charge < -0.3 is 5.11 Å². The number of aliphatic hydroxyl groups is 1. The van der Waals surface area contributed by atoms with Gasteiger partial charge in [-0.15, -0.1) is 0 Å². The fourth-order valence-electron chi connectivity index (χ4n) is 0.706. The monoisotopic (exact) mass is 130 g/mol. The number of hydrogen-bond acceptors (Lipinski definition) is 1. The van der Waals surface area contributed by atoms with E-state index < -0.39 is 0 Å². The molecular formula is C8H18O. The lowest BCUT2D eigenvalue weighted by molar-refractivity contribution is 0.0551. The molecule has 0 saturated carbocycles. The van der Waals surface area contributed by atoms with E-state index in [4.69, 9.17) is 0 Å². The minimum absolute atomic E-state index is 0.0655. The Labute approximate surface area is 58.1 Å². The highest BCUT2D eigenvalue weighted by atomic mass is 16.3. The Bertz CT molecular complexity index is 71.1. The van der Waals surface area contributed by atoms with Crippen LogP contribution in [0.3, 0.4) is 0 Å². The third-order valence-corrected chi connectivity index (χ3v) is 1.56. The van der Waals surface area contributed by atoms with Crippen molar-refractivity contribution >= 4 is 0 Å². The van der Waals surface area contributed by atoms with Gasteiger partial charge in [0.15, 0.2) is 0 Å². The van der Waals surface area contributed by atoms with Crippen molar-refractivity contribution in [1.82, 2.24) is 0 Å². The first-order valence-electron chi connectivity index (χ1n) is 3.66. The summed E-state index contributed by atoms with van der Waals surface area (Å²) in [5.41, 5.74) is 0.0655. The minimum atomic E-state index is -0.137. The SMILES string of the molecule is CCC[C@@H](O)C(C)(C)C. The van der Waals surface area contributed by atoms with E-state index in [-0.39, 0.29) is 11.5 Å². The van der Waals surface area contributed by atoms with Crippen molar-refractivity contribution in [3.8, 4) is 0 Å². The van der Waals surface area contributed by atoms with Crippen LogP contribution in [0.25, 0.3) is 0 Å². The van der Waals surface area contributed by atoms with Crippen molar-refractivity contribution in [3.63, 3.8) is 0 Å². The van der Waals surface area contributed by atoms with E-state index >= 15 is 0 Å². The van der Waals surface area contributed by atoms with Crippen LogP contribution in [0.15, 0.2) is 0 Å². The number of rotatable bonds is 2. The molecule has 0 aliphatic rings. The summed E-state index contributed by atoms with van der Waals surface area (Å²) in [6.07, 6.45) is 1.85. The molecule has 0 heterocycles. The van der Waals surface area contributed by atoms with E-state index in [2.05, 4.69) is 27.7 Å². The maximum absolute atomic E-state index is 9.39. The molecule has 0 aliphatic carbocycles. The molecule has 0 aliphatic heterocycles. The lowest BCUT2D eigenvalue weighted by Crippen LogP contribution is -2.25. The van der Waals surface area contributed by atoms with Crippen molar-refractivity contribution in [3.05, 3.63) is 0 Å². The van der Waals surface area contributed by atoms with E-state index in [0.29, 0.717) is 0 Å². The van der Waals surface area contributed by atoms with Crippen molar-refractivity contribution in [2.75, 3.05) is 0 Å². The predicted octanol–water partition coefficient (Wildman–Crippen LogP) is 2.19. The van der Waals surface area contributed by atoms with Gasteiger partial charge in [-0.05, 0) is 11.8 Å². The van der Waals surface area contributed by atoms with Crippen molar-refractivity contribution in [2.24, 2.45) is 5.41 Å². The van der Waals surface area contributed by atoms with Gasteiger partial charge in [-0.25, -0.2) is 0 Å². The van der Waals surface area contributed by atoms with Crippen molar-refractivity contribution < 1.29 is 5.11 Å². The summed E-state index contributed by atoms with van der Waals surface area (Å²) in [5.74, 6) is 0. The quantitative estimate of drug-likeness (QED) is 0.607. The van der Waals surface area contributed by atoms with Gasteiger partial charge in [0.2, 0.25) is 0 Å². The van der Waals surface area contributed by atoms with Crippen LogP contribution in [0, 0.1) is 5.41 Å². The zero-order valence-electron chi connectivity index (χ0n) is 6.94. The summed E-state index contributed by atoms with van der Waals surface area (Å²) in [4.78, 5) is 0. The molecule has 0 spiro atoms. The summed E-state index contributed by atoms with van der Waals surface area (Å²) in [6, 6.07) is 0. The molecule has 1 N–H and O–H groups in total. The smallest absolute Gasteiger partial charge is 0.0588 e. The van der Waals surface area contributed by atoms with Crippen LogP contribution in [-0.2, 0) is 0 Å². The van der Waals surface area contributed by atoms with Crippen molar-refractivity contribution in [1.29, 1.82) is 0 Å². The highest BCUT2D eigenvalue weighted by Crippen LogP contribution is 2.21. The number of aliphatic hydroxyl groups excluding tert-OH is 1. The van der Waals surface area contributed by atoms with Crippen LogP contribution in [0.1, 0.15) is 40.5 Å². The average molecular weight is 130 g/mol. The fraction of sp³-hybridized carbons (Fsp3) is 1.00. The second kappa shape index (κ2) is 3.21. The van der Waals surface area contributed by atoms with E-state index in [0.717, 1.165) is 12.8 Å². The normalized spacial score (nSPS) is 15.7. The number of hydrogen-bond donors (Lipinski definition) is 1. The van der Waals surface area contributed by atoms with Gasteiger partial charge in [0.25, 0.3) is 0 Å². The van der Waals surface area contributed by atoms with E-state index in [1.165, 1.54) is 0 Å². The molecule has 0 aromatic rings. The zero-order chi connectivity index (χ0) is 7.49. The third-order valence-electron chi connectivity index (χ3n) is 1.56. The fourth-order valence-corrected chi connectivity index (χ4v) is 0.706. The van der Waals surface area contributed by atoms with Crippen LogP contribution >= 0.6 is 0 Å². The maximum Gasteiger partial charge on any atom is 0.0588 e. The first-order chi connectivity index (χ1) is 3.98. The summed E-state index contributed by atoms with van der Waals surface area (Å²) in [7, 11) is 0. The largest absolute Gasteiger partial charge is 0.393 e. The molecule has 9 heavy (non-hydrogen) atoms. The molecule has 0 radical (unpaired) electrons. The zero-order valence-corrected chi connectivity index (χ0v) is 6.94. The third kappa shape index (κ3) is 3.52. The van der Waals surface area contributed by atoms with Gasteiger partial charge in [0.05, 0.1) is 6.10 Å². The molecule has 1 atom stereocenters. The molecule has 0 unspecified atom stereocenters.